The molecule has 4 rings (SSSR count). The van der Waals surface area contributed by atoms with Crippen LogP contribution in [0.4, 0.5) is 0 Å². The Morgan fingerprint density at radius 3 is 2.69 bits per heavy atom. The monoisotopic (exact) mass is 449 g/mol. The maximum atomic E-state index is 12.3. The van der Waals surface area contributed by atoms with E-state index in [1.54, 1.807) is 30.3 Å². The molecule has 0 fully saturated rings. The van der Waals surface area contributed by atoms with Gasteiger partial charge in [0.05, 0.1) is 17.2 Å². The minimum Gasteiger partial charge on any atom is -0.462 e. The molecule has 1 aromatic heterocycles. The lowest BCUT2D eigenvalue weighted by Crippen LogP contribution is -2.07. The van der Waals surface area contributed by atoms with E-state index < -0.39 is 11.9 Å². The number of esters is 2. The number of unbranched alkanes of at least 4 members (excludes halogenated alkanes) is 1. The zero-order valence-electron chi connectivity index (χ0n) is 17.3. The van der Waals surface area contributed by atoms with Crippen LogP contribution in [0.25, 0.3) is 17.4 Å². The van der Waals surface area contributed by atoms with E-state index in [1.807, 2.05) is 37.3 Å². The van der Waals surface area contributed by atoms with Gasteiger partial charge in [0.1, 0.15) is 11.5 Å². The van der Waals surface area contributed by atoms with E-state index in [1.165, 1.54) is 6.08 Å². The predicted octanol–water partition coefficient (Wildman–Crippen LogP) is 5.90. The highest BCUT2D eigenvalue weighted by molar-refractivity contribution is 6.33. The quantitative estimate of drug-likeness (QED) is 0.255. The number of rotatable bonds is 7. The molecule has 0 amide bonds. The first-order chi connectivity index (χ1) is 15.5. The number of furan rings is 1. The second-order valence-corrected chi connectivity index (χ2v) is 7.50. The van der Waals surface area contributed by atoms with Gasteiger partial charge in [-0.2, -0.15) is 0 Å². The van der Waals surface area contributed by atoms with Crippen LogP contribution in [0.1, 0.15) is 41.4 Å². The molecule has 0 aliphatic carbocycles. The Labute approximate surface area is 190 Å². The van der Waals surface area contributed by atoms with Gasteiger partial charge in [0.25, 0.3) is 0 Å². The van der Waals surface area contributed by atoms with Crippen LogP contribution >= 0.6 is 11.6 Å². The van der Waals surface area contributed by atoms with Crippen molar-refractivity contribution in [1.82, 2.24) is 0 Å². The van der Waals surface area contributed by atoms with Gasteiger partial charge in [-0.25, -0.2) is 14.6 Å². The van der Waals surface area contributed by atoms with Crippen LogP contribution < -0.4 is 0 Å². The maximum absolute atomic E-state index is 12.3. The van der Waals surface area contributed by atoms with Gasteiger partial charge >= 0.3 is 11.9 Å². The van der Waals surface area contributed by atoms with Gasteiger partial charge in [0.15, 0.2) is 5.70 Å². The van der Waals surface area contributed by atoms with Crippen LogP contribution in [0.5, 0.6) is 0 Å². The Kier molecular flexibility index (Phi) is 6.52. The van der Waals surface area contributed by atoms with Crippen molar-refractivity contribution >= 4 is 35.5 Å². The summed E-state index contributed by atoms with van der Waals surface area (Å²) in [4.78, 5) is 28.8. The Balaban J connectivity index is 1.55. The largest absolute Gasteiger partial charge is 0.462 e. The van der Waals surface area contributed by atoms with Crippen molar-refractivity contribution in [2.45, 2.75) is 19.8 Å². The third kappa shape index (κ3) is 4.81. The van der Waals surface area contributed by atoms with Crippen LogP contribution in [-0.4, -0.2) is 24.4 Å². The highest BCUT2D eigenvalue weighted by atomic mass is 35.5. The summed E-state index contributed by atoms with van der Waals surface area (Å²) in [5.41, 5.74) is 1.78. The number of carbonyl (C=O) groups is 2. The number of aliphatic imine (C=N–C) groups is 1. The Morgan fingerprint density at radius 1 is 1.09 bits per heavy atom. The third-order valence-electron chi connectivity index (χ3n) is 4.75. The number of cyclic esters (lactones) is 1. The first kappa shape index (κ1) is 21.6. The van der Waals surface area contributed by atoms with Gasteiger partial charge in [0.2, 0.25) is 5.90 Å². The Bertz CT molecular complexity index is 1210. The summed E-state index contributed by atoms with van der Waals surface area (Å²) >= 11 is 6.18. The number of benzene rings is 2. The maximum Gasteiger partial charge on any atom is 0.363 e. The molecule has 0 bridgehead atoms. The van der Waals surface area contributed by atoms with Gasteiger partial charge < -0.3 is 13.9 Å². The van der Waals surface area contributed by atoms with Crippen molar-refractivity contribution < 1.29 is 23.5 Å². The van der Waals surface area contributed by atoms with Crippen molar-refractivity contribution in [2.75, 3.05) is 6.61 Å². The lowest BCUT2D eigenvalue weighted by atomic mass is 10.1. The number of carbonyl (C=O) groups excluding carboxylic acids is 2. The third-order valence-corrected chi connectivity index (χ3v) is 5.08. The molecule has 0 saturated heterocycles. The van der Waals surface area contributed by atoms with Crippen molar-refractivity contribution in [1.29, 1.82) is 0 Å². The number of ether oxygens (including phenoxy) is 2. The number of hydrogen-bond acceptors (Lipinski definition) is 6. The average Bonchev–Trinajstić information content (AvgIpc) is 3.42. The molecule has 0 saturated carbocycles. The van der Waals surface area contributed by atoms with Gasteiger partial charge in [-0.05, 0) is 48.9 Å². The van der Waals surface area contributed by atoms with Crippen LogP contribution in [-0.2, 0) is 14.3 Å². The topological polar surface area (TPSA) is 78.1 Å². The molecule has 2 aromatic carbocycles. The molecule has 32 heavy (non-hydrogen) atoms. The fraction of sp³-hybridized carbons (Fsp3) is 0.160. The predicted molar refractivity (Wildman–Crippen MR) is 121 cm³/mol. The van der Waals surface area contributed by atoms with E-state index in [9.17, 15) is 9.59 Å². The highest BCUT2D eigenvalue weighted by Gasteiger charge is 2.24. The SMILES string of the molecule is CCCCOC(=O)c1cc(-c2ccc(C=C3N=C(c4ccccc4)OC3=O)o2)ccc1Cl. The lowest BCUT2D eigenvalue weighted by Gasteiger charge is -2.07. The molecule has 0 radical (unpaired) electrons. The van der Waals surface area contributed by atoms with Crippen molar-refractivity contribution in [2.24, 2.45) is 4.99 Å². The van der Waals surface area contributed by atoms with Gasteiger partial charge in [-0.3, -0.25) is 0 Å². The van der Waals surface area contributed by atoms with Crippen molar-refractivity contribution in [3.8, 4) is 11.3 Å². The van der Waals surface area contributed by atoms with Gasteiger partial charge in [0, 0.05) is 17.2 Å². The fourth-order valence-electron chi connectivity index (χ4n) is 3.06. The molecule has 3 aromatic rings. The molecule has 0 unspecified atom stereocenters. The summed E-state index contributed by atoms with van der Waals surface area (Å²) in [7, 11) is 0. The molecule has 0 N–H and O–H groups in total. The van der Waals surface area contributed by atoms with Crippen LogP contribution in [0, 0.1) is 0 Å². The Morgan fingerprint density at radius 2 is 1.91 bits per heavy atom. The minimum absolute atomic E-state index is 0.140. The summed E-state index contributed by atoms with van der Waals surface area (Å²) < 4.78 is 16.4. The fourth-order valence-corrected chi connectivity index (χ4v) is 3.25. The number of halogens is 1. The number of nitrogens with zero attached hydrogens (tertiary/aromatic N) is 1. The second kappa shape index (κ2) is 9.66. The molecular formula is C25H20ClNO5. The standard InChI is InChI=1S/C25H20ClNO5/c1-2-3-13-30-24(28)19-14-17(9-11-20(19)26)22-12-10-18(31-22)15-21-25(29)32-23(27-21)16-7-5-4-6-8-16/h4-12,14-15H,2-3,13H2,1H3. The molecule has 0 atom stereocenters. The molecule has 2 heterocycles. The summed E-state index contributed by atoms with van der Waals surface area (Å²) in [6.45, 7) is 2.36. The summed E-state index contributed by atoms with van der Waals surface area (Å²) in [5.74, 6) is 0.153. The van der Waals surface area contributed by atoms with Crippen molar-refractivity contribution in [3.63, 3.8) is 0 Å². The molecule has 6 nitrogen and oxygen atoms in total. The highest BCUT2D eigenvalue weighted by Crippen LogP contribution is 2.29. The first-order valence-corrected chi connectivity index (χ1v) is 10.6. The van der Waals surface area contributed by atoms with E-state index in [-0.39, 0.29) is 17.2 Å². The second-order valence-electron chi connectivity index (χ2n) is 7.09. The summed E-state index contributed by atoms with van der Waals surface area (Å²) in [6.07, 6.45) is 3.23. The molecule has 162 valence electrons. The van der Waals surface area contributed by atoms with E-state index in [0.717, 1.165) is 12.8 Å². The molecule has 0 spiro atoms. The van der Waals surface area contributed by atoms with E-state index >= 15 is 0 Å². The van der Waals surface area contributed by atoms with Crippen LogP contribution in [0.3, 0.4) is 0 Å². The van der Waals surface area contributed by atoms with Crippen LogP contribution in [0.15, 0.2) is 75.8 Å². The van der Waals surface area contributed by atoms with Crippen LogP contribution in [0.2, 0.25) is 5.02 Å². The first-order valence-electron chi connectivity index (χ1n) is 10.2. The Hall–Kier alpha value is -3.64. The smallest absolute Gasteiger partial charge is 0.363 e. The normalized spacial score (nSPS) is 14.4. The molecule has 7 heteroatoms. The lowest BCUT2D eigenvalue weighted by molar-refractivity contribution is -0.129. The van der Waals surface area contributed by atoms with Gasteiger partial charge in [-0.15, -0.1) is 0 Å². The van der Waals surface area contributed by atoms with Crippen molar-refractivity contribution in [3.05, 3.63) is 88.3 Å². The van der Waals surface area contributed by atoms with Gasteiger partial charge in [-0.1, -0.05) is 43.1 Å². The van der Waals surface area contributed by atoms with E-state index in [2.05, 4.69) is 4.99 Å². The average molecular weight is 450 g/mol. The minimum atomic E-state index is -0.551. The zero-order chi connectivity index (χ0) is 22.5. The summed E-state index contributed by atoms with van der Waals surface area (Å²) in [6, 6.07) is 17.6. The van der Waals surface area contributed by atoms with E-state index in [4.69, 9.17) is 25.5 Å². The molecule has 1 aliphatic rings. The van der Waals surface area contributed by atoms with E-state index in [0.29, 0.717) is 34.3 Å². The zero-order valence-corrected chi connectivity index (χ0v) is 18.1. The number of hydrogen-bond donors (Lipinski definition) is 0. The molecule has 1 aliphatic heterocycles. The summed E-state index contributed by atoms with van der Waals surface area (Å²) in [5, 5.41) is 0.306. The molecular weight excluding hydrogens is 430 g/mol.